The summed E-state index contributed by atoms with van der Waals surface area (Å²) < 4.78 is 0.508. The van der Waals surface area contributed by atoms with E-state index in [1.807, 2.05) is 60.8 Å². The van der Waals surface area contributed by atoms with Gasteiger partial charge in [0.2, 0.25) is 0 Å². The van der Waals surface area contributed by atoms with E-state index in [0.717, 1.165) is 5.69 Å². The predicted molar refractivity (Wildman–Crippen MR) is 98.8 cm³/mol. The van der Waals surface area contributed by atoms with Gasteiger partial charge in [0.25, 0.3) is 5.91 Å². The van der Waals surface area contributed by atoms with Crippen molar-refractivity contribution in [3.63, 3.8) is 0 Å². The lowest BCUT2D eigenvalue weighted by Gasteiger charge is -2.21. The number of thioether (sulfide) groups is 2. The number of benzene rings is 1. The Labute approximate surface area is 145 Å². The Morgan fingerprint density at radius 1 is 1.17 bits per heavy atom. The lowest BCUT2D eigenvalue weighted by Crippen LogP contribution is -2.27. The van der Waals surface area contributed by atoms with Crippen molar-refractivity contribution >= 4 is 29.4 Å². The summed E-state index contributed by atoms with van der Waals surface area (Å²) in [5, 5.41) is 3.00. The largest absolute Gasteiger partial charge is 0.344 e. The maximum Gasteiger partial charge on any atom is 0.251 e. The van der Waals surface area contributed by atoms with Crippen molar-refractivity contribution < 1.29 is 4.79 Å². The van der Waals surface area contributed by atoms with E-state index in [0.29, 0.717) is 10.1 Å². The molecule has 5 heteroatoms. The van der Waals surface area contributed by atoms with E-state index in [9.17, 15) is 4.79 Å². The summed E-state index contributed by atoms with van der Waals surface area (Å²) in [5.41, 5.74) is 2.86. The van der Waals surface area contributed by atoms with Crippen LogP contribution in [0.3, 0.4) is 0 Å². The van der Waals surface area contributed by atoms with Crippen LogP contribution in [-0.2, 0) is 0 Å². The van der Waals surface area contributed by atoms with Gasteiger partial charge in [-0.05, 0) is 54.7 Å². The molecule has 0 spiro atoms. The predicted octanol–water partition coefficient (Wildman–Crippen LogP) is 4.44. The Balaban J connectivity index is 1.63. The smallest absolute Gasteiger partial charge is 0.251 e. The Morgan fingerprint density at radius 2 is 1.91 bits per heavy atom. The molecule has 3 nitrogen and oxygen atoms in total. The first-order chi connectivity index (χ1) is 11.2. The Hall–Kier alpha value is -1.46. The summed E-state index contributed by atoms with van der Waals surface area (Å²) >= 11 is 3.99. The second kappa shape index (κ2) is 7.88. The minimum atomic E-state index is -0.104. The molecule has 0 bridgehead atoms. The van der Waals surface area contributed by atoms with Gasteiger partial charge in [-0.15, -0.1) is 23.5 Å². The molecule has 1 aliphatic rings. The minimum Gasteiger partial charge on any atom is -0.344 e. The Bertz CT molecular complexity index is 640. The van der Waals surface area contributed by atoms with Crippen LogP contribution in [-0.4, -0.2) is 22.4 Å². The summed E-state index contributed by atoms with van der Waals surface area (Å²) in [4.78, 5) is 16.6. The number of aromatic nitrogens is 1. The van der Waals surface area contributed by atoms with Gasteiger partial charge in [0.1, 0.15) is 0 Å². The number of nitrogens with zero attached hydrogens (tertiary/aromatic N) is 1. The van der Waals surface area contributed by atoms with Gasteiger partial charge in [-0.25, -0.2) is 0 Å². The first kappa shape index (κ1) is 16.4. The van der Waals surface area contributed by atoms with Gasteiger partial charge < -0.3 is 5.32 Å². The van der Waals surface area contributed by atoms with Crippen molar-refractivity contribution in [2.75, 3.05) is 11.5 Å². The molecule has 120 valence electrons. The number of carbonyl (C=O) groups is 1. The van der Waals surface area contributed by atoms with Gasteiger partial charge in [-0.2, -0.15) is 0 Å². The average molecular weight is 345 g/mol. The van der Waals surface area contributed by atoms with Gasteiger partial charge >= 0.3 is 0 Å². The maximum atomic E-state index is 12.4. The fourth-order valence-electron chi connectivity index (χ4n) is 2.46. The van der Waals surface area contributed by atoms with E-state index in [1.165, 1.54) is 23.5 Å². The van der Waals surface area contributed by atoms with Gasteiger partial charge in [-0.3, -0.25) is 9.78 Å². The highest BCUT2D eigenvalue weighted by molar-refractivity contribution is 8.16. The van der Waals surface area contributed by atoms with Gasteiger partial charge in [0, 0.05) is 11.8 Å². The number of hydrogen-bond donors (Lipinski definition) is 1. The minimum absolute atomic E-state index is 0.0568. The lowest BCUT2D eigenvalue weighted by molar-refractivity contribution is 0.0939. The molecule has 1 saturated heterocycles. The zero-order valence-corrected chi connectivity index (χ0v) is 14.7. The van der Waals surface area contributed by atoms with Crippen molar-refractivity contribution in [1.29, 1.82) is 0 Å². The van der Waals surface area contributed by atoms with E-state index >= 15 is 0 Å². The lowest BCUT2D eigenvalue weighted by atomic mass is 10.1. The molecule has 2 heterocycles. The standard InChI is InChI=1S/C18H20N2OS2/c1-13(16-5-2-3-10-19-16)20-17(21)14-6-8-15(9-7-14)18-22-11-4-12-23-18/h2-3,5-10,13,18H,4,11-12H2,1H3,(H,20,21). The number of pyridine rings is 1. The molecular weight excluding hydrogens is 324 g/mol. The van der Waals surface area contributed by atoms with Gasteiger partial charge in [0.05, 0.1) is 16.3 Å². The molecule has 0 aliphatic carbocycles. The normalized spacial score (nSPS) is 16.7. The summed E-state index contributed by atoms with van der Waals surface area (Å²) in [7, 11) is 0. The zero-order valence-electron chi connectivity index (χ0n) is 13.1. The third-order valence-electron chi connectivity index (χ3n) is 3.75. The second-order valence-electron chi connectivity index (χ2n) is 5.50. The SMILES string of the molecule is CC(NC(=O)c1ccc(C2SCCCS2)cc1)c1ccccn1. The van der Waals surface area contributed by atoms with Crippen LogP contribution in [0.1, 0.15) is 45.6 Å². The molecule has 3 rings (SSSR count). The third-order valence-corrected chi connectivity index (χ3v) is 6.77. The van der Waals surface area contributed by atoms with Crippen LogP contribution >= 0.6 is 23.5 Å². The molecule has 23 heavy (non-hydrogen) atoms. The molecule has 1 amide bonds. The van der Waals surface area contributed by atoms with E-state index in [-0.39, 0.29) is 11.9 Å². The highest BCUT2D eigenvalue weighted by Crippen LogP contribution is 2.43. The molecule has 1 fully saturated rings. The number of carbonyl (C=O) groups excluding carboxylic acids is 1. The molecule has 1 aromatic carbocycles. The molecular formula is C18H20N2OS2. The van der Waals surface area contributed by atoms with Crippen molar-refractivity contribution in [2.24, 2.45) is 0 Å². The molecule has 0 saturated carbocycles. The van der Waals surface area contributed by atoms with E-state index in [4.69, 9.17) is 0 Å². The van der Waals surface area contributed by atoms with Gasteiger partial charge in [0.15, 0.2) is 0 Å². The Kier molecular flexibility index (Phi) is 5.62. The molecule has 1 unspecified atom stereocenters. The van der Waals surface area contributed by atoms with Crippen LogP contribution in [0.2, 0.25) is 0 Å². The van der Waals surface area contributed by atoms with Crippen LogP contribution in [0.15, 0.2) is 48.7 Å². The highest BCUT2D eigenvalue weighted by atomic mass is 32.2. The summed E-state index contributed by atoms with van der Waals surface area (Å²) in [6, 6.07) is 13.6. The van der Waals surface area contributed by atoms with E-state index in [2.05, 4.69) is 22.4 Å². The van der Waals surface area contributed by atoms with Crippen LogP contribution in [0, 0.1) is 0 Å². The quantitative estimate of drug-likeness (QED) is 0.890. The first-order valence-electron chi connectivity index (χ1n) is 7.79. The van der Waals surface area contributed by atoms with E-state index in [1.54, 1.807) is 6.20 Å². The fraction of sp³-hybridized carbons (Fsp3) is 0.333. The van der Waals surface area contributed by atoms with Gasteiger partial charge in [-0.1, -0.05) is 18.2 Å². The monoisotopic (exact) mass is 344 g/mol. The number of hydrogen-bond acceptors (Lipinski definition) is 4. The molecule has 0 radical (unpaired) electrons. The molecule has 1 N–H and O–H groups in total. The summed E-state index contributed by atoms with van der Waals surface area (Å²) in [5.74, 6) is 2.39. The highest BCUT2D eigenvalue weighted by Gasteiger charge is 2.17. The topological polar surface area (TPSA) is 42.0 Å². The second-order valence-corrected chi connectivity index (χ2v) is 8.22. The molecule has 1 aromatic heterocycles. The molecule has 1 aliphatic heterocycles. The van der Waals surface area contributed by atoms with Crippen molar-refractivity contribution in [2.45, 2.75) is 24.0 Å². The van der Waals surface area contributed by atoms with Crippen LogP contribution in [0.4, 0.5) is 0 Å². The molecule has 2 aromatic rings. The van der Waals surface area contributed by atoms with Crippen LogP contribution in [0.25, 0.3) is 0 Å². The van der Waals surface area contributed by atoms with E-state index < -0.39 is 0 Å². The molecule has 1 atom stereocenters. The summed E-state index contributed by atoms with van der Waals surface area (Å²) in [6.07, 6.45) is 3.03. The van der Waals surface area contributed by atoms with Crippen LogP contribution in [0.5, 0.6) is 0 Å². The maximum absolute atomic E-state index is 12.4. The third kappa shape index (κ3) is 4.30. The summed E-state index contributed by atoms with van der Waals surface area (Å²) in [6.45, 7) is 1.95. The fourth-order valence-corrected chi connectivity index (χ4v) is 5.35. The number of nitrogens with one attached hydrogen (secondary N) is 1. The van der Waals surface area contributed by atoms with Crippen molar-refractivity contribution in [1.82, 2.24) is 10.3 Å². The number of rotatable bonds is 4. The average Bonchev–Trinajstić information content (AvgIpc) is 2.63. The van der Waals surface area contributed by atoms with Crippen LogP contribution < -0.4 is 5.32 Å². The van der Waals surface area contributed by atoms with Crippen molar-refractivity contribution in [3.8, 4) is 0 Å². The first-order valence-corrected chi connectivity index (χ1v) is 9.89. The number of amides is 1. The zero-order chi connectivity index (χ0) is 16.1. The van der Waals surface area contributed by atoms with Crippen molar-refractivity contribution in [3.05, 3.63) is 65.5 Å². The Morgan fingerprint density at radius 3 is 2.57 bits per heavy atom.